The SMILES string of the molecule is CCOC(=O)CN(C(=O)c1ccc(OC)c(O)c1)C(C)C. The quantitative estimate of drug-likeness (QED) is 0.810. The van der Waals surface area contributed by atoms with Crippen molar-refractivity contribution in [3.8, 4) is 11.5 Å². The van der Waals surface area contributed by atoms with E-state index in [9.17, 15) is 14.7 Å². The molecule has 0 aromatic heterocycles. The molecular weight excluding hydrogens is 274 g/mol. The normalized spacial score (nSPS) is 10.3. The number of rotatable bonds is 6. The molecule has 1 amide bonds. The molecule has 21 heavy (non-hydrogen) atoms. The van der Waals surface area contributed by atoms with Gasteiger partial charge in [0.15, 0.2) is 11.5 Å². The number of esters is 1. The number of phenols is 1. The molecule has 0 bridgehead atoms. The molecule has 0 radical (unpaired) electrons. The molecule has 6 heteroatoms. The summed E-state index contributed by atoms with van der Waals surface area (Å²) in [5, 5.41) is 9.74. The van der Waals surface area contributed by atoms with Crippen LogP contribution in [0.1, 0.15) is 31.1 Å². The molecule has 0 unspecified atom stereocenters. The molecule has 1 N–H and O–H groups in total. The smallest absolute Gasteiger partial charge is 0.325 e. The van der Waals surface area contributed by atoms with Crippen LogP contribution in [-0.2, 0) is 9.53 Å². The number of phenolic OH excluding ortho intramolecular Hbond substituents is 1. The second-order valence-corrected chi connectivity index (χ2v) is 4.72. The van der Waals surface area contributed by atoms with Gasteiger partial charge in [-0.3, -0.25) is 9.59 Å². The summed E-state index contributed by atoms with van der Waals surface area (Å²) < 4.78 is 9.80. The van der Waals surface area contributed by atoms with E-state index in [1.54, 1.807) is 26.8 Å². The van der Waals surface area contributed by atoms with Gasteiger partial charge in [-0.05, 0) is 39.0 Å². The van der Waals surface area contributed by atoms with Crippen molar-refractivity contribution in [3.05, 3.63) is 23.8 Å². The van der Waals surface area contributed by atoms with Crippen LogP contribution in [-0.4, -0.2) is 48.2 Å². The first-order valence-electron chi connectivity index (χ1n) is 6.74. The molecule has 0 fully saturated rings. The summed E-state index contributed by atoms with van der Waals surface area (Å²) in [6.45, 7) is 5.46. The van der Waals surface area contributed by atoms with Gasteiger partial charge >= 0.3 is 5.97 Å². The molecule has 0 aliphatic carbocycles. The first-order chi connectivity index (χ1) is 9.90. The van der Waals surface area contributed by atoms with Gasteiger partial charge in [0.05, 0.1) is 13.7 Å². The number of nitrogens with zero attached hydrogens (tertiary/aromatic N) is 1. The third-order valence-corrected chi connectivity index (χ3v) is 2.91. The zero-order valence-corrected chi connectivity index (χ0v) is 12.8. The van der Waals surface area contributed by atoms with E-state index in [1.807, 2.05) is 0 Å². The minimum absolute atomic E-state index is 0.122. The van der Waals surface area contributed by atoms with E-state index in [2.05, 4.69) is 0 Å². The van der Waals surface area contributed by atoms with E-state index in [1.165, 1.54) is 24.1 Å². The molecule has 0 heterocycles. The average Bonchev–Trinajstić information content (AvgIpc) is 2.44. The predicted octanol–water partition coefficient (Wildman–Crippen LogP) is 1.81. The number of ether oxygens (including phenoxy) is 2. The molecule has 6 nitrogen and oxygen atoms in total. The van der Waals surface area contributed by atoms with Crippen molar-refractivity contribution < 1.29 is 24.2 Å². The lowest BCUT2D eigenvalue weighted by Gasteiger charge is -2.25. The number of hydrogen-bond donors (Lipinski definition) is 1. The lowest BCUT2D eigenvalue weighted by atomic mass is 10.1. The molecule has 1 aromatic carbocycles. The van der Waals surface area contributed by atoms with Crippen LogP contribution in [0.3, 0.4) is 0 Å². The summed E-state index contributed by atoms with van der Waals surface area (Å²) in [6.07, 6.45) is 0. The van der Waals surface area contributed by atoms with E-state index in [-0.39, 0.29) is 42.2 Å². The maximum absolute atomic E-state index is 12.4. The Morgan fingerprint density at radius 2 is 2.00 bits per heavy atom. The number of benzene rings is 1. The minimum atomic E-state index is -0.461. The first kappa shape index (κ1) is 16.8. The number of amides is 1. The summed E-state index contributed by atoms with van der Waals surface area (Å²) in [6, 6.07) is 4.19. The fraction of sp³-hybridized carbons (Fsp3) is 0.467. The Morgan fingerprint density at radius 3 is 2.48 bits per heavy atom. The molecule has 0 aliphatic heterocycles. The molecule has 0 spiro atoms. The van der Waals surface area contributed by atoms with Gasteiger partial charge < -0.3 is 19.5 Å². The van der Waals surface area contributed by atoms with Gasteiger partial charge in [0.2, 0.25) is 0 Å². The van der Waals surface area contributed by atoms with Crippen LogP contribution in [0.25, 0.3) is 0 Å². The summed E-state index contributed by atoms with van der Waals surface area (Å²) in [7, 11) is 1.43. The maximum Gasteiger partial charge on any atom is 0.325 e. The maximum atomic E-state index is 12.4. The van der Waals surface area contributed by atoms with Crippen molar-refractivity contribution in [1.29, 1.82) is 0 Å². The summed E-state index contributed by atoms with van der Waals surface area (Å²) in [4.78, 5) is 25.4. The van der Waals surface area contributed by atoms with Gasteiger partial charge in [0, 0.05) is 11.6 Å². The number of methoxy groups -OCH3 is 1. The lowest BCUT2D eigenvalue weighted by Crippen LogP contribution is -2.41. The molecule has 0 saturated heterocycles. The first-order valence-corrected chi connectivity index (χ1v) is 6.74. The fourth-order valence-corrected chi connectivity index (χ4v) is 1.82. The highest BCUT2D eigenvalue weighted by atomic mass is 16.5. The highest BCUT2D eigenvalue weighted by Crippen LogP contribution is 2.27. The fourth-order valence-electron chi connectivity index (χ4n) is 1.82. The largest absolute Gasteiger partial charge is 0.504 e. The van der Waals surface area contributed by atoms with Gasteiger partial charge in [-0.15, -0.1) is 0 Å². The zero-order valence-electron chi connectivity index (χ0n) is 12.8. The Balaban J connectivity index is 2.95. The van der Waals surface area contributed by atoms with Crippen LogP contribution in [0.5, 0.6) is 11.5 Å². The van der Waals surface area contributed by atoms with E-state index < -0.39 is 5.97 Å². The second-order valence-electron chi connectivity index (χ2n) is 4.72. The molecule has 0 aliphatic rings. The van der Waals surface area contributed by atoms with Crippen molar-refractivity contribution in [1.82, 2.24) is 4.90 Å². The Morgan fingerprint density at radius 1 is 1.33 bits per heavy atom. The summed E-state index contributed by atoms with van der Waals surface area (Å²) in [5.41, 5.74) is 0.284. The average molecular weight is 295 g/mol. The van der Waals surface area contributed by atoms with Crippen molar-refractivity contribution in [2.24, 2.45) is 0 Å². The van der Waals surface area contributed by atoms with Gasteiger partial charge in [0.25, 0.3) is 5.91 Å². The highest BCUT2D eigenvalue weighted by molar-refractivity contribution is 5.96. The standard InChI is InChI=1S/C15H21NO5/c1-5-21-14(18)9-16(10(2)3)15(19)11-6-7-13(20-4)12(17)8-11/h6-8,10,17H,5,9H2,1-4H3. The van der Waals surface area contributed by atoms with E-state index in [0.717, 1.165) is 0 Å². The third kappa shape index (κ3) is 4.37. The molecule has 1 aromatic rings. The van der Waals surface area contributed by atoms with Gasteiger partial charge in [-0.2, -0.15) is 0 Å². The van der Waals surface area contributed by atoms with Crippen LogP contribution in [0.2, 0.25) is 0 Å². The molecular formula is C15H21NO5. The Hall–Kier alpha value is -2.24. The Labute approximate surface area is 124 Å². The van der Waals surface area contributed by atoms with Crippen molar-refractivity contribution in [2.75, 3.05) is 20.3 Å². The number of carbonyl (C=O) groups excluding carboxylic acids is 2. The summed E-state index contributed by atoms with van der Waals surface area (Å²) >= 11 is 0. The van der Waals surface area contributed by atoms with Crippen LogP contribution >= 0.6 is 0 Å². The van der Waals surface area contributed by atoms with Crippen LogP contribution < -0.4 is 4.74 Å². The predicted molar refractivity (Wildman–Crippen MR) is 77.5 cm³/mol. The Kier molecular flexibility index (Phi) is 6.02. The molecule has 0 atom stereocenters. The van der Waals surface area contributed by atoms with E-state index >= 15 is 0 Å². The van der Waals surface area contributed by atoms with Crippen LogP contribution in [0.15, 0.2) is 18.2 Å². The number of hydrogen-bond acceptors (Lipinski definition) is 5. The van der Waals surface area contributed by atoms with Crippen LogP contribution in [0.4, 0.5) is 0 Å². The minimum Gasteiger partial charge on any atom is -0.504 e. The van der Waals surface area contributed by atoms with Gasteiger partial charge in [-0.25, -0.2) is 0 Å². The molecule has 1 rings (SSSR count). The monoisotopic (exact) mass is 295 g/mol. The van der Waals surface area contributed by atoms with Crippen molar-refractivity contribution in [2.45, 2.75) is 26.8 Å². The van der Waals surface area contributed by atoms with Crippen LogP contribution in [0, 0.1) is 0 Å². The lowest BCUT2D eigenvalue weighted by molar-refractivity contribution is -0.144. The van der Waals surface area contributed by atoms with Crippen molar-refractivity contribution >= 4 is 11.9 Å². The Bertz CT molecular complexity index is 513. The van der Waals surface area contributed by atoms with Crippen molar-refractivity contribution in [3.63, 3.8) is 0 Å². The summed E-state index contributed by atoms with van der Waals surface area (Å²) in [5.74, 6) is -0.649. The molecule has 116 valence electrons. The van der Waals surface area contributed by atoms with Gasteiger partial charge in [0.1, 0.15) is 6.54 Å². The van der Waals surface area contributed by atoms with E-state index in [0.29, 0.717) is 0 Å². The van der Waals surface area contributed by atoms with E-state index in [4.69, 9.17) is 9.47 Å². The topological polar surface area (TPSA) is 76.1 Å². The number of aromatic hydroxyl groups is 1. The third-order valence-electron chi connectivity index (χ3n) is 2.91. The number of carbonyl (C=O) groups is 2. The van der Waals surface area contributed by atoms with Gasteiger partial charge in [-0.1, -0.05) is 0 Å². The highest BCUT2D eigenvalue weighted by Gasteiger charge is 2.23. The second kappa shape index (κ2) is 7.52. The zero-order chi connectivity index (χ0) is 16.0. The molecule has 0 saturated carbocycles.